The average molecular weight is 324 g/mol. The highest BCUT2D eigenvalue weighted by molar-refractivity contribution is 9.09. The Morgan fingerprint density at radius 2 is 2.16 bits per heavy atom. The van der Waals surface area contributed by atoms with Crippen LogP contribution in [0.5, 0.6) is 0 Å². The fourth-order valence-corrected chi connectivity index (χ4v) is 3.58. The molecule has 0 radical (unpaired) electrons. The minimum absolute atomic E-state index is 0.0675. The zero-order valence-corrected chi connectivity index (χ0v) is 13.3. The second kappa shape index (κ2) is 6.56. The number of benzene rings is 1. The molecule has 0 aromatic heterocycles. The fourth-order valence-electron chi connectivity index (χ4n) is 2.72. The predicted molar refractivity (Wildman–Crippen MR) is 82.9 cm³/mol. The maximum atomic E-state index is 12.2. The van der Waals surface area contributed by atoms with Gasteiger partial charge in [0.2, 0.25) is 0 Å². The topological polar surface area (TPSA) is 29.1 Å². The third kappa shape index (κ3) is 4.07. The molecule has 0 aliphatic heterocycles. The van der Waals surface area contributed by atoms with Gasteiger partial charge in [-0.15, -0.1) is 0 Å². The monoisotopic (exact) mass is 323 g/mol. The maximum Gasteiger partial charge on any atom is 0.251 e. The number of alkyl halides is 1. The number of aryl methyl sites for hydroxylation is 2. The van der Waals surface area contributed by atoms with E-state index in [2.05, 4.69) is 21.2 Å². The highest BCUT2D eigenvalue weighted by atomic mass is 79.9. The molecule has 1 aromatic rings. The van der Waals surface area contributed by atoms with E-state index in [1.165, 1.54) is 25.7 Å². The van der Waals surface area contributed by atoms with Crippen LogP contribution in [-0.4, -0.2) is 17.3 Å². The van der Waals surface area contributed by atoms with Crippen LogP contribution in [0.2, 0.25) is 0 Å². The number of amides is 1. The molecular formula is C16H22BrNO. The van der Waals surface area contributed by atoms with E-state index in [4.69, 9.17) is 0 Å². The minimum atomic E-state index is 0.0675. The lowest BCUT2D eigenvalue weighted by Gasteiger charge is -2.25. The Bertz CT molecular complexity index is 458. The average Bonchev–Trinajstić information content (AvgIpc) is 2.39. The summed E-state index contributed by atoms with van der Waals surface area (Å²) >= 11 is 3.69. The van der Waals surface area contributed by atoms with E-state index in [-0.39, 0.29) is 5.91 Å². The standard InChI is InChI=1S/C16H22BrNO/c1-11-6-7-12(2)15(8-11)16(19)18-10-13-4-3-5-14(17)9-13/h6-8,13-14H,3-5,9-10H2,1-2H3,(H,18,19). The molecule has 3 heteroatoms. The molecule has 1 N–H and O–H groups in total. The molecule has 2 atom stereocenters. The normalized spacial score (nSPS) is 23.1. The smallest absolute Gasteiger partial charge is 0.251 e. The summed E-state index contributed by atoms with van der Waals surface area (Å²) in [6, 6.07) is 6.03. The molecule has 2 rings (SSSR count). The molecule has 2 nitrogen and oxygen atoms in total. The van der Waals surface area contributed by atoms with Crippen molar-refractivity contribution < 1.29 is 4.79 Å². The lowest BCUT2D eigenvalue weighted by Crippen LogP contribution is -2.32. The number of carbonyl (C=O) groups is 1. The van der Waals surface area contributed by atoms with Crippen molar-refractivity contribution in [1.29, 1.82) is 0 Å². The molecule has 0 heterocycles. The summed E-state index contributed by atoms with van der Waals surface area (Å²) in [5.74, 6) is 0.685. The van der Waals surface area contributed by atoms with Crippen LogP contribution >= 0.6 is 15.9 Å². The van der Waals surface area contributed by atoms with Crippen molar-refractivity contribution in [2.24, 2.45) is 5.92 Å². The summed E-state index contributed by atoms with van der Waals surface area (Å²) in [7, 11) is 0. The summed E-state index contributed by atoms with van der Waals surface area (Å²) in [5.41, 5.74) is 2.99. The van der Waals surface area contributed by atoms with Crippen LogP contribution in [0.4, 0.5) is 0 Å². The van der Waals surface area contributed by atoms with E-state index >= 15 is 0 Å². The van der Waals surface area contributed by atoms with Crippen molar-refractivity contribution in [3.8, 4) is 0 Å². The Balaban J connectivity index is 1.92. The summed E-state index contributed by atoms with van der Waals surface area (Å²) < 4.78 is 0. The molecule has 1 amide bonds. The Hall–Kier alpha value is -0.830. The van der Waals surface area contributed by atoms with Crippen LogP contribution < -0.4 is 5.32 Å². The van der Waals surface area contributed by atoms with Gasteiger partial charge in [0.1, 0.15) is 0 Å². The molecule has 0 bridgehead atoms. The SMILES string of the molecule is Cc1ccc(C)c(C(=O)NCC2CCCC(Br)C2)c1. The minimum Gasteiger partial charge on any atom is -0.352 e. The molecule has 19 heavy (non-hydrogen) atoms. The molecule has 1 fully saturated rings. The summed E-state index contributed by atoms with van der Waals surface area (Å²) in [4.78, 5) is 12.8. The van der Waals surface area contributed by atoms with Crippen molar-refractivity contribution in [2.75, 3.05) is 6.54 Å². The Morgan fingerprint density at radius 1 is 1.37 bits per heavy atom. The van der Waals surface area contributed by atoms with Gasteiger partial charge in [-0.3, -0.25) is 4.79 Å². The van der Waals surface area contributed by atoms with Crippen LogP contribution in [0.15, 0.2) is 18.2 Å². The van der Waals surface area contributed by atoms with Gasteiger partial charge < -0.3 is 5.32 Å². The van der Waals surface area contributed by atoms with Crippen molar-refractivity contribution >= 4 is 21.8 Å². The van der Waals surface area contributed by atoms with Gasteiger partial charge in [0.05, 0.1) is 0 Å². The molecule has 0 spiro atoms. The first-order valence-electron chi connectivity index (χ1n) is 7.06. The zero-order valence-electron chi connectivity index (χ0n) is 11.7. The molecule has 2 unspecified atom stereocenters. The number of hydrogen-bond acceptors (Lipinski definition) is 1. The quantitative estimate of drug-likeness (QED) is 0.837. The van der Waals surface area contributed by atoms with Crippen molar-refractivity contribution in [1.82, 2.24) is 5.32 Å². The summed E-state index contributed by atoms with van der Waals surface area (Å²) in [6.45, 7) is 4.81. The molecule has 1 aromatic carbocycles. The van der Waals surface area contributed by atoms with E-state index in [0.717, 1.165) is 23.2 Å². The Labute approximate surface area is 124 Å². The molecular weight excluding hydrogens is 302 g/mol. The molecule has 0 saturated heterocycles. The fraction of sp³-hybridized carbons (Fsp3) is 0.562. The number of hydrogen-bond donors (Lipinski definition) is 1. The van der Waals surface area contributed by atoms with Crippen LogP contribution in [0.1, 0.15) is 47.2 Å². The van der Waals surface area contributed by atoms with Crippen LogP contribution in [0, 0.1) is 19.8 Å². The van der Waals surface area contributed by atoms with Gasteiger partial charge >= 0.3 is 0 Å². The maximum absolute atomic E-state index is 12.2. The van der Waals surface area contributed by atoms with Gasteiger partial charge in [0, 0.05) is 16.9 Å². The van der Waals surface area contributed by atoms with Crippen molar-refractivity contribution in [3.05, 3.63) is 34.9 Å². The number of halogens is 1. The molecule has 104 valence electrons. The van der Waals surface area contributed by atoms with Gasteiger partial charge in [-0.25, -0.2) is 0 Å². The first-order valence-corrected chi connectivity index (χ1v) is 7.97. The predicted octanol–water partition coefficient (Wildman–Crippen LogP) is 3.99. The molecule has 1 aliphatic carbocycles. The number of rotatable bonds is 3. The van der Waals surface area contributed by atoms with Crippen LogP contribution in [0.25, 0.3) is 0 Å². The zero-order chi connectivity index (χ0) is 13.8. The summed E-state index contributed by atoms with van der Waals surface area (Å²) in [6.07, 6.45) is 4.93. The van der Waals surface area contributed by atoms with Crippen LogP contribution in [-0.2, 0) is 0 Å². The van der Waals surface area contributed by atoms with Crippen LogP contribution in [0.3, 0.4) is 0 Å². The third-order valence-corrected chi connectivity index (χ3v) is 4.74. The van der Waals surface area contributed by atoms with Gasteiger partial charge in [0.15, 0.2) is 0 Å². The lowest BCUT2D eigenvalue weighted by atomic mass is 9.89. The second-order valence-electron chi connectivity index (χ2n) is 5.66. The molecule has 1 saturated carbocycles. The first-order chi connectivity index (χ1) is 9.06. The van der Waals surface area contributed by atoms with Gasteiger partial charge in [-0.1, -0.05) is 40.0 Å². The number of nitrogens with one attached hydrogen (secondary N) is 1. The third-order valence-electron chi connectivity index (χ3n) is 3.91. The van der Waals surface area contributed by atoms with Gasteiger partial charge in [-0.05, 0) is 50.7 Å². The lowest BCUT2D eigenvalue weighted by molar-refractivity contribution is 0.0943. The van der Waals surface area contributed by atoms with Crippen molar-refractivity contribution in [3.63, 3.8) is 0 Å². The Kier molecular flexibility index (Phi) is 5.03. The van der Waals surface area contributed by atoms with E-state index in [9.17, 15) is 4.79 Å². The van der Waals surface area contributed by atoms with Gasteiger partial charge in [-0.2, -0.15) is 0 Å². The van der Waals surface area contributed by atoms with Crippen molar-refractivity contribution in [2.45, 2.75) is 44.4 Å². The Morgan fingerprint density at radius 3 is 2.89 bits per heavy atom. The highest BCUT2D eigenvalue weighted by Gasteiger charge is 2.20. The number of carbonyl (C=O) groups excluding carboxylic acids is 1. The highest BCUT2D eigenvalue weighted by Crippen LogP contribution is 2.28. The first kappa shape index (κ1) is 14.6. The van der Waals surface area contributed by atoms with E-state index < -0.39 is 0 Å². The van der Waals surface area contributed by atoms with E-state index in [0.29, 0.717) is 10.7 Å². The second-order valence-corrected chi connectivity index (χ2v) is 6.95. The van der Waals surface area contributed by atoms with E-state index in [1.54, 1.807) is 0 Å². The largest absolute Gasteiger partial charge is 0.352 e. The van der Waals surface area contributed by atoms with Gasteiger partial charge in [0.25, 0.3) is 5.91 Å². The summed E-state index contributed by atoms with van der Waals surface area (Å²) in [5, 5.41) is 3.10. The molecule has 1 aliphatic rings. The van der Waals surface area contributed by atoms with E-state index in [1.807, 2.05) is 32.0 Å².